The Morgan fingerprint density at radius 2 is 1.28 bits per heavy atom. The van der Waals surface area contributed by atoms with Crippen LogP contribution in [0.2, 0.25) is 0 Å². The minimum Gasteiger partial charge on any atom is -0.505 e. The number of amides is 1. The summed E-state index contributed by atoms with van der Waals surface area (Å²) in [5, 5.41) is 26.8. The van der Waals surface area contributed by atoms with Gasteiger partial charge >= 0.3 is 20.8 Å². The Balaban J connectivity index is 1.59. The average Bonchev–Trinajstić information content (AvgIpc) is 3.11. The molecule has 0 spiro atoms. The third kappa shape index (κ3) is 12.7. The standard InChI is InChI=1S/C30H32N6O17S5/c1-36(11-14-54(39,40)15-12-52-57(46,47)48)30(38)19-3-2-4-21(17-19)33-35-28-26(56(43,44)45)18-24-23(29(28)37)9-10-25(31)27(24)34-32-20-5-7-22(8-6-20)55(41,42)16-13-53-58(49,50)51/h2-10,17-18,37H,11-16,31H2,1H3,(H,43,44,45)(H,46,47,48)(H,49,50,51)/b34-32+,35-33+. The van der Waals surface area contributed by atoms with Crippen LogP contribution in [0.5, 0.6) is 5.75 Å². The van der Waals surface area contributed by atoms with Gasteiger partial charge in [-0.15, -0.1) is 10.2 Å². The fourth-order valence-electron chi connectivity index (χ4n) is 4.80. The highest BCUT2D eigenvalue weighted by atomic mass is 32.3. The molecule has 0 aliphatic rings. The van der Waals surface area contributed by atoms with Crippen LogP contribution < -0.4 is 5.73 Å². The summed E-state index contributed by atoms with van der Waals surface area (Å²) >= 11 is 0. The van der Waals surface area contributed by atoms with Crippen LogP contribution in [0.3, 0.4) is 0 Å². The molecule has 0 aliphatic carbocycles. The van der Waals surface area contributed by atoms with Gasteiger partial charge in [-0.3, -0.25) is 18.5 Å². The zero-order chi connectivity index (χ0) is 43.3. The number of rotatable bonds is 18. The molecule has 1 amide bonds. The molecule has 0 saturated carbocycles. The quantitative estimate of drug-likeness (QED) is 0.0544. The number of sulfone groups is 2. The highest BCUT2D eigenvalue weighted by Crippen LogP contribution is 2.46. The summed E-state index contributed by atoms with van der Waals surface area (Å²) in [4.78, 5) is 12.9. The molecule has 23 nitrogen and oxygen atoms in total. The van der Waals surface area contributed by atoms with Crippen molar-refractivity contribution in [2.75, 3.05) is 49.8 Å². The molecule has 314 valence electrons. The van der Waals surface area contributed by atoms with E-state index >= 15 is 0 Å². The summed E-state index contributed by atoms with van der Waals surface area (Å²) in [6, 6.07) is 13.5. The van der Waals surface area contributed by atoms with Crippen molar-refractivity contribution in [2.24, 2.45) is 20.5 Å². The van der Waals surface area contributed by atoms with Crippen molar-refractivity contribution in [3.63, 3.8) is 0 Å². The van der Waals surface area contributed by atoms with E-state index in [4.69, 9.17) is 14.8 Å². The molecule has 0 saturated heterocycles. The Hall–Kier alpha value is -5.04. The number of carbonyl (C=O) groups is 1. The van der Waals surface area contributed by atoms with Crippen molar-refractivity contribution < 1.29 is 74.0 Å². The van der Waals surface area contributed by atoms with E-state index in [0.29, 0.717) is 0 Å². The number of nitrogens with zero attached hydrogens (tertiary/aromatic N) is 5. The molecule has 0 aromatic heterocycles. The molecule has 0 aliphatic heterocycles. The SMILES string of the molecule is CN(CCS(=O)(=O)CCOS(=O)(=O)O)C(=O)c1cccc(/N=N/c2c(S(=O)(=O)O)cc3c(/N=N/c4ccc(S(=O)(=O)CCOS(=O)(=O)O)cc4)c(N)ccc3c2O)c1. The van der Waals surface area contributed by atoms with Crippen LogP contribution in [0.25, 0.3) is 10.8 Å². The van der Waals surface area contributed by atoms with Gasteiger partial charge in [-0.2, -0.15) is 35.5 Å². The molecule has 0 bridgehead atoms. The first-order valence-electron chi connectivity index (χ1n) is 15.8. The van der Waals surface area contributed by atoms with Crippen molar-refractivity contribution in [3.8, 4) is 5.75 Å². The predicted octanol–water partition coefficient (Wildman–Crippen LogP) is 3.10. The second kappa shape index (κ2) is 17.8. The van der Waals surface area contributed by atoms with Crippen LogP contribution in [0, 0.1) is 0 Å². The van der Waals surface area contributed by atoms with Gasteiger partial charge in [-0.05, 0) is 60.7 Å². The van der Waals surface area contributed by atoms with Gasteiger partial charge in [0, 0.05) is 29.9 Å². The normalized spacial score (nSPS) is 13.1. The van der Waals surface area contributed by atoms with E-state index in [1.807, 2.05) is 0 Å². The van der Waals surface area contributed by atoms with Gasteiger partial charge < -0.3 is 15.7 Å². The number of aromatic hydroxyl groups is 1. The number of nitrogen functional groups attached to an aromatic ring is 1. The molecule has 0 unspecified atom stereocenters. The summed E-state index contributed by atoms with van der Waals surface area (Å²) in [6.45, 7) is -2.01. The maximum atomic E-state index is 13.0. The van der Waals surface area contributed by atoms with Gasteiger partial charge in [0.15, 0.2) is 25.4 Å². The van der Waals surface area contributed by atoms with Gasteiger partial charge in [-0.1, -0.05) is 6.07 Å². The highest BCUT2D eigenvalue weighted by Gasteiger charge is 2.25. The third-order valence-electron chi connectivity index (χ3n) is 7.63. The van der Waals surface area contributed by atoms with Gasteiger partial charge in [0.2, 0.25) is 0 Å². The van der Waals surface area contributed by atoms with E-state index in [-0.39, 0.29) is 50.5 Å². The molecule has 0 fully saturated rings. The lowest BCUT2D eigenvalue weighted by Gasteiger charge is -2.17. The number of phenols is 1. The van der Waals surface area contributed by atoms with Crippen molar-refractivity contribution in [2.45, 2.75) is 9.79 Å². The Morgan fingerprint density at radius 1 is 0.690 bits per heavy atom. The number of azo groups is 2. The predicted molar refractivity (Wildman–Crippen MR) is 204 cm³/mol. The molecular weight excluding hydrogens is 877 g/mol. The Morgan fingerprint density at radius 3 is 1.88 bits per heavy atom. The minimum atomic E-state index is -5.15. The van der Waals surface area contributed by atoms with Crippen molar-refractivity contribution in [1.82, 2.24) is 4.90 Å². The summed E-state index contributed by atoms with van der Waals surface area (Å²) in [5.41, 5.74) is 5.11. The van der Waals surface area contributed by atoms with E-state index in [1.54, 1.807) is 0 Å². The summed E-state index contributed by atoms with van der Waals surface area (Å²) in [5.74, 6) is -3.61. The lowest BCUT2D eigenvalue weighted by molar-refractivity contribution is 0.0803. The average molecular weight is 909 g/mol. The van der Waals surface area contributed by atoms with Crippen molar-refractivity contribution >= 4 is 95.7 Å². The van der Waals surface area contributed by atoms with Crippen LogP contribution in [-0.2, 0) is 59.0 Å². The first-order valence-corrected chi connectivity index (χ1v) is 23.4. The number of fused-ring (bicyclic) bond motifs is 1. The molecule has 0 atom stereocenters. The second-order valence-corrected chi connectivity index (χ2v) is 19.8. The second-order valence-electron chi connectivity index (χ2n) is 11.8. The van der Waals surface area contributed by atoms with Gasteiger partial charge in [0.05, 0.1) is 52.4 Å². The first-order chi connectivity index (χ1) is 26.8. The molecule has 4 aromatic carbocycles. The maximum Gasteiger partial charge on any atom is 0.397 e. The summed E-state index contributed by atoms with van der Waals surface area (Å²) in [6.07, 6.45) is 0. The Bertz CT molecular complexity index is 2850. The topological polar surface area (TPSA) is 366 Å². The monoisotopic (exact) mass is 908 g/mol. The van der Waals surface area contributed by atoms with Crippen molar-refractivity contribution in [3.05, 3.63) is 72.3 Å². The third-order valence-corrected chi connectivity index (χ3v) is 12.7. The van der Waals surface area contributed by atoms with Gasteiger partial charge in [-0.25, -0.2) is 25.2 Å². The fourth-order valence-corrected chi connectivity index (χ4v) is 8.43. The fraction of sp³-hybridized carbons (Fsp3) is 0.233. The van der Waals surface area contributed by atoms with E-state index in [9.17, 15) is 56.5 Å². The van der Waals surface area contributed by atoms with E-state index in [2.05, 4.69) is 28.8 Å². The van der Waals surface area contributed by atoms with Crippen LogP contribution in [0.15, 0.2) is 97.0 Å². The number of carbonyl (C=O) groups excluding carboxylic acids is 1. The number of anilines is 1. The number of phenolic OH excluding ortho intramolecular Hbond substituents is 1. The summed E-state index contributed by atoms with van der Waals surface area (Å²) in [7, 11) is -21.5. The zero-order valence-corrected chi connectivity index (χ0v) is 33.6. The zero-order valence-electron chi connectivity index (χ0n) is 29.5. The smallest absolute Gasteiger partial charge is 0.397 e. The molecule has 4 rings (SSSR count). The Kier molecular flexibility index (Phi) is 14.0. The van der Waals surface area contributed by atoms with Crippen LogP contribution >= 0.6 is 0 Å². The highest BCUT2D eigenvalue weighted by molar-refractivity contribution is 7.91. The van der Waals surface area contributed by atoms with Crippen LogP contribution in [-0.4, -0.2) is 116 Å². The Labute approximate surface area is 331 Å². The van der Waals surface area contributed by atoms with E-state index < -0.39 is 103 Å². The van der Waals surface area contributed by atoms with Crippen LogP contribution in [0.1, 0.15) is 10.4 Å². The van der Waals surface area contributed by atoms with E-state index in [0.717, 1.165) is 23.1 Å². The number of nitrogens with two attached hydrogens (primary N) is 1. The van der Waals surface area contributed by atoms with E-state index in [1.165, 1.54) is 55.6 Å². The minimum absolute atomic E-state index is 0.0178. The molecular formula is C30H32N6O17S5. The first kappa shape index (κ1) is 45.7. The number of benzene rings is 4. The molecule has 28 heteroatoms. The number of hydrogen-bond acceptors (Lipinski definition) is 19. The molecule has 0 radical (unpaired) electrons. The lowest BCUT2D eigenvalue weighted by Crippen LogP contribution is -2.32. The van der Waals surface area contributed by atoms with Gasteiger partial charge in [0.25, 0.3) is 16.0 Å². The lowest BCUT2D eigenvalue weighted by atomic mass is 10.1. The molecule has 58 heavy (non-hydrogen) atoms. The van der Waals surface area contributed by atoms with Crippen molar-refractivity contribution in [1.29, 1.82) is 0 Å². The summed E-state index contributed by atoms with van der Waals surface area (Å²) < 4.78 is 153. The number of hydrogen-bond donors (Lipinski definition) is 5. The molecule has 6 N–H and O–H groups in total. The van der Waals surface area contributed by atoms with Crippen LogP contribution in [0.4, 0.5) is 28.4 Å². The molecule has 4 aromatic rings. The van der Waals surface area contributed by atoms with Gasteiger partial charge in [0.1, 0.15) is 16.3 Å². The largest absolute Gasteiger partial charge is 0.505 e. The maximum absolute atomic E-state index is 13.0. The molecule has 0 heterocycles.